The van der Waals surface area contributed by atoms with Crippen LogP contribution < -0.4 is 5.32 Å². The lowest BCUT2D eigenvalue weighted by molar-refractivity contribution is 0.373. The number of rotatable bonds is 3. The molecule has 0 spiro atoms. The molecule has 0 aliphatic heterocycles. The fourth-order valence-electron chi connectivity index (χ4n) is 2.61. The van der Waals surface area contributed by atoms with Gasteiger partial charge in [0, 0.05) is 6.54 Å². The van der Waals surface area contributed by atoms with Gasteiger partial charge in [0.25, 0.3) is 0 Å². The molecule has 17 heavy (non-hydrogen) atoms. The van der Waals surface area contributed by atoms with Crippen LogP contribution in [-0.2, 0) is 0 Å². The Morgan fingerprint density at radius 1 is 1.29 bits per heavy atom. The van der Waals surface area contributed by atoms with Gasteiger partial charge in [0.2, 0.25) is 0 Å². The molecule has 1 aliphatic carbocycles. The molecule has 90 valence electrons. The Morgan fingerprint density at radius 3 is 2.76 bits per heavy atom. The number of aryl methyl sites for hydroxylation is 1. The summed E-state index contributed by atoms with van der Waals surface area (Å²) in [5.41, 5.74) is 2.85. The number of nitrogens with zero attached hydrogens (tertiary/aromatic N) is 1. The molecule has 2 rings (SSSR count). The van der Waals surface area contributed by atoms with Crippen LogP contribution in [0.25, 0.3) is 0 Å². The van der Waals surface area contributed by atoms with Crippen LogP contribution in [0.3, 0.4) is 0 Å². The van der Waals surface area contributed by atoms with Crippen molar-refractivity contribution in [1.29, 1.82) is 5.26 Å². The first-order valence-electron chi connectivity index (χ1n) is 6.55. The highest BCUT2D eigenvalue weighted by Crippen LogP contribution is 2.25. The monoisotopic (exact) mass is 228 g/mol. The summed E-state index contributed by atoms with van der Waals surface area (Å²) >= 11 is 0. The predicted molar refractivity (Wildman–Crippen MR) is 71.0 cm³/mol. The van der Waals surface area contributed by atoms with Crippen molar-refractivity contribution in [3.05, 3.63) is 29.3 Å². The Kier molecular flexibility index (Phi) is 4.03. The van der Waals surface area contributed by atoms with Gasteiger partial charge < -0.3 is 5.32 Å². The first-order chi connectivity index (χ1) is 8.31. The fourth-order valence-corrected chi connectivity index (χ4v) is 2.61. The molecule has 0 saturated heterocycles. The van der Waals surface area contributed by atoms with Crippen LogP contribution in [0.5, 0.6) is 0 Å². The topological polar surface area (TPSA) is 35.8 Å². The minimum absolute atomic E-state index is 0.788. The Hall–Kier alpha value is -1.49. The van der Waals surface area contributed by atoms with E-state index in [2.05, 4.69) is 11.4 Å². The minimum Gasteiger partial charge on any atom is -0.384 e. The molecule has 0 amide bonds. The molecule has 0 heterocycles. The molecule has 2 nitrogen and oxygen atoms in total. The highest BCUT2D eigenvalue weighted by molar-refractivity contribution is 5.60. The largest absolute Gasteiger partial charge is 0.384 e. The molecule has 1 N–H and O–H groups in total. The SMILES string of the molecule is Cc1cccc(NCC2CCCCC2)c1C#N. The summed E-state index contributed by atoms with van der Waals surface area (Å²) in [6.45, 7) is 3.00. The van der Waals surface area contributed by atoms with E-state index >= 15 is 0 Å². The van der Waals surface area contributed by atoms with E-state index in [4.69, 9.17) is 5.26 Å². The molecule has 2 heteroatoms. The van der Waals surface area contributed by atoms with Crippen LogP contribution >= 0.6 is 0 Å². The predicted octanol–water partition coefficient (Wildman–Crippen LogP) is 3.86. The third-order valence-electron chi connectivity index (χ3n) is 3.69. The van der Waals surface area contributed by atoms with Crippen LogP contribution in [0.2, 0.25) is 0 Å². The van der Waals surface area contributed by atoms with E-state index in [9.17, 15) is 0 Å². The van der Waals surface area contributed by atoms with Crippen LogP contribution in [0.15, 0.2) is 18.2 Å². The van der Waals surface area contributed by atoms with Gasteiger partial charge in [-0.25, -0.2) is 0 Å². The Bertz CT molecular complexity index is 411. The number of benzene rings is 1. The zero-order valence-corrected chi connectivity index (χ0v) is 10.5. The fraction of sp³-hybridized carbons (Fsp3) is 0.533. The van der Waals surface area contributed by atoms with Crippen LogP contribution in [0, 0.1) is 24.2 Å². The molecule has 0 radical (unpaired) electrons. The quantitative estimate of drug-likeness (QED) is 0.852. The van der Waals surface area contributed by atoms with Crippen molar-refractivity contribution in [1.82, 2.24) is 0 Å². The van der Waals surface area contributed by atoms with Crippen molar-refractivity contribution < 1.29 is 0 Å². The van der Waals surface area contributed by atoms with Crippen LogP contribution in [0.1, 0.15) is 43.2 Å². The molecule has 1 aromatic carbocycles. The standard InChI is InChI=1S/C15H20N2/c1-12-6-5-9-15(14(12)10-16)17-11-13-7-3-2-4-8-13/h5-6,9,13,17H,2-4,7-8,11H2,1H3. The van der Waals surface area contributed by atoms with Gasteiger partial charge in [0.1, 0.15) is 6.07 Å². The van der Waals surface area contributed by atoms with Gasteiger partial charge in [-0.3, -0.25) is 0 Å². The van der Waals surface area contributed by atoms with E-state index in [1.165, 1.54) is 32.1 Å². The summed E-state index contributed by atoms with van der Waals surface area (Å²) in [7, 11) is 0. The van der Waals surface area contributed by atoms with Gasteiger partial charge in [0.05, 0.1) is 11.3 Å². The van der Waals surface area contributed by atoms with Gasteiger partial charge in [0.15, 0.2) is 0 Å². The van der Waals surface area contributed by atoms with Crippen molar-refractivity contribution in [2.24, 2.45) is 5.92 Å². The maximum Gasteiger partial charge on any atom is 0.102 e. The third kappa shape index (κ3) is 3.00. The summed E-state index contributed by atoms with van der Waals surface area (Å²) in [6, 6.07) is 8.30. The lowest BCUT2D eigenvalue weighted by Gasteiger charge is -2.22. The summed E-state index contributed by atoms with van der Waals surface area (Å²) in [5, 5.41) is 12.6. The summed E-state index contributed by atoms with van der Waals surface area (Å²) in [6.07, 6.45) is 6.79. The second kappa shape index (κ2) is 5.72. The minimum atomic E-state index is 0.788. The zero-order valence-electron chi connectivity index (χ0n) is 10.5. The Labute approximate surface area is 104 Å². The lowest BCUT2D eigenvalue weighted by atomic mass is 9.89. The van der Waals surface area contributed by atoms with E-state index in [-0.39, 0.29) is 0 Å². The smallest absolute Gasteiger partial charge is 0.102 e. The molecule has 0 unspecified atom stereocenters. The molecule has 0 aromatic heterocycles. The Morgan fingerprint density at radius 2 is 2.06 bits per heavy atom. The highest BCUT2D eigenvalue weighted by Gasteiger charge is 2.13. The van der Waals surface area contributed by atoms with E-state index < -0.39 is 0 Å². The second-order valence-corrected chi connectivity index (χ2v) is 4.99. The van der Waals surface area contributed by atoms with Gasteiger partial charge in [-0.15, -0.1) is 0 Å². The molecule has 1 aliphatic rings. The number of nitriles is 1. The van der Waals surface area contributed by atoms with Crippen LogP contribution in [-0.4, -0.2) is 6.54 Å². The normalized spacial score (nSPS) is 16.5. The van der Waals surface area contributed by atoms with E-state index in [0.29, 0.717) is 0 Å². The first kappa shape index (κ1) is 12.0. The van der Waals surface area contributed by atoms with Gasteiger partial charge in [-0.05, 0) is 37.3 Å². The average molecular weight is 228 g/mol. The highest BCUT2D eigenvalue weighted by atomic mass is 14.9. The number of hydrogen-bond donors (Lipinski definition) is 1. The maximum absolute atomic E-state index is 9.15. The average Bonchev–Trinajstić information content (AvgIpc) is 2.37. The van der Waals surface area contributed by atoms with Gasteiger partial charge in [-0.1, -0.05) is 31.4 Å². The van der Waals surface area contributed by atoms with Crippen molar-refractivity contribution in [2.75, 3.05) is 11.9 Å². The van der Waals surface area contributed by atoms with E-state index in [1.807, 2.05) is 25.1 Å². The molecule has 1 aromatic rings. The van der Waals surface area contributed by atoms with Crippen molar-refractivity contribution in [3.63, 3.8) is 0 Å². The lowest BCUT2D eigenvalue weighted by Crippen LogP contribution is -2.17. The third-order valence-corrected chi connectivity index (χ3v) is 3.69. The zero-order chi connectivity index (χ0) is 12.1. The number of nitrogens with one attached hydrogen (secondary N) is 1. The molecular weight excluding hydrogens is 208 g/mol. The van der Waals surface area contributed by atoms with Crippen LogP contribution in [0.4, 0.5) is 5.69 Å². The molecule has 1 fully saturated rings. The van der Waals surface area contributed by atoms with Crippen molar-refractivity contribution in [3.8, 4) is 6.07 Å². The van der Waals surface area contributed by atoms with Crippen molar-refractivity contribution >= 4 is 5.69 Å². The van der Waals surface area contributed by atoms with E-state index in [0.717, 1.165) is 29.3 Å². The summed E-state index contributed by atoms with van der Waals surface area (Å²) in [4.78, 5) is 0. The van der Waals surface area contributed by atoms with E-state index in [1.54, 1.807) is 0 Å². The Balaban J connectivity index is 1.99. The summed E-state index contributed by atoms with van der Waals surface area (Å²) < 4.78 is 0. The second-order valence-electron chi connectivity index (χ2n) is 4.99. The van der Waals surface area contributed by atoms with Gasteiger partial charge in [-0.2, -0.15) is 5.26 Å². The molecular formula is C15H20N2. The maximum atomic E-state index is 9.15. The molecule has 0 bridgehead atoms. The van der Waals surface area contributed by atoms with Crippen molar-refractivity contribution in [2.45, 2.75) is 39.0 Å². The molecule has 1 saturated carbocycles. The van der Waals surface area contributed by atoms with Gasteiger partial charge >= 0.3 is 0 Å². The summed E-state index contributed by atoms with van der Waals surface area (Å²) in [5.74, 6) is 0.788. The number of hydrogen-bond acceptors (Lipinski definition) is 2. The molecule has 0 atom stereocenters. The number of anilines is 1. The first-order valence-corrected chi connectivity index (χ1v) is 6.55.